The summed E-state index contributed by atoms with van der Waals surface area (Å²) in [5.74, 6) is 0.690. The summed E-state index contributed by atoms with van der Waals surface area (Å²) < 4.78 is 62.6. The molecule has 0 aliphatic carbocycles. The van der Waals surface area contributed by atoms with E-state index in [4.69, 9.17) is 9.47 Å². The summed E-state index contributed by atoms with van der Waals surface area (Å²) in [5.41, 5.74) is 2.07. The maximum atomic E-state index is 13.3. The number of alkyl halides is 4. The highest BCUT2D eigenvalue weighted by molar-refractivity contribution is 5.62. The number of benzene rings is 2. The summed E-state index contributed by atoms with van der Waals surface area (Å²) in [6.45, 7) is 2.58. The van der Waals surface area contributed by atoms with Gasteiger partial charge in [0, 0.05) is 30.8 Å². The lowest BCUT2D eigenvalue weighted by molar-refractivity contribution is -0.0509. The Morgan fingerprint density at radius 3 is 2.55 bits per heavy atom. The van der Waals surface area contributed by atoms with E-state index in [1.807, 2.05) is 13.8 Å². The number of hydrogen-bond acceptors (Lipinski definition) is 6. The van der Waals surface area contributed by atoms with Crippen LogP contribution in [0.5, 0.6) is 11.5 Å². The molecule has 0 radical (unpaired) electrons. The highest BCUT2D eigenvalue weighted by atomic mass is 19.3. The third-order valence-electron chi connectivity index (χ3n) is 6.96. The molecule has 0 amide bonds. The molecule has 2 aromatic carbocycles. The predicted octanol–water partition coefficient (Wildman–Crippen LogP) is 5.41. The maximum absolute atomic E-state index is 13.3. The van der Waals surface area contributed by atoms with E-state index in [-0.39, 0.29) is 17.8 Å². The topological polar surface area (TPSA) is 72.6 Å². The van der Waals surface area contributed by atoms with Gasteiger partial charge in [-0.25, -0.2) is 13.5 Å². The number of likely N-dealkylation sites (tertiary alicyclic amines) is 1. The van der Waals surface area contributed by atoms with Gasteiger partial charge in [0.2, 0.25) is 0 Å². The maximum Gasteiger partial charge on any atom is 0.387 e. The van der Waals surface area contributed by atoms with E-state index in [9.17, 15) is 22.7 Å². The Kier molecular flexibility index (Phi) is 8.88. The van der Waals surface area contributed by atoms with Gasteiger partial charge in [-0.1, -0.05) is 31.2 Å². The van der Waals surface area contributed by atoms with Gasteiger partial charge in [-0.15, -0.1) is 5.10 Å². The quantitative estimate of drug-likeness (QED) is 0.331. The minimum Gasteiger partial charge on any atom is -0.488 e. The number of hydrogen-bond donors (Lipinski definition) is 1. The molecule has 206 valence electrons. The number of aromatic nitrogens is 3. The predicted molar refractivity (Wildman–Crippen MR) is 134 cm³/mol. The Labute approximate surface area is 219 Å². The Morgan fingerprint density at radius 2 is 1.87 bits per heavy atom. The van der Waals surface area contributed by atoms with Crippen LogP contribution in [0.2, 0.25) is 0 Å². The normalized spacial score (nSPS) is 16.8. The van der Waals surface area contributed by atoms with E-state index in [0.29, 0.717) is 40.7 Å². The SMILES string of the molecule is CC(C)(CO)[C@H]1CCCN(Cc2ccc(-c3cn(-c4ccc(OCC(F)F)cc4)nn3)cc2OC(F)F)C1. The molecule has 1 N–H and O–H groups in total. The van der Waals surface area contributed by atoms with Gasteiger partial charge in [0.1, 0.15) is 23.8 Å². The zero-order chi connectivity index (χ0) is 27.3. The first-order valence-corrected chi connectivity index (χ1v) is 12.5. The van der Waals surface area contributed by atoms with Gasteiger partial charge in [-0.3, -0.25) is 4.90 Å². The van der Waals surface area contributed by atoms with Gasteiger partial charge < -0.3 is 14.6 Å². The van der Waals surface area contributed by atoms with E-state index in [2.05, 4.69) is 15.2 Å². The molecule has 1 saturated heterocycles. The Hall–Kier alpha value is -3.18. The van der Waals surface area contributed by atoms with Crippen molar-refractivity contribution in [3.05, 3.63) is 54.2 Å². The second-order valence-electron chi connectivity index (χ2n) is 10.2. The van der Waals surface area contributed by atoms with Crippen molar-refractivity contribution >= 4 is 0 Å². The van der Waals surface area contributed by atoms with Crippen molar-refractivity contribution < 1.29 is 32.1 Å². The minimum absolute atomic E-state index is 0.0797. The van der Waals surface area contributed by atoms with Gasteiger partial charge in [0.25, 0.3) is 6.43 Å². The number of piperidine rings is 1. The minimum atomic E-state index is -2.98. The Balaban J connectivity index is 1.50. The largest absolute Gasteiger partial charge is 0.488 e. The molecule has 0 spiro atoms. The van der Waals surface area contributed by atoms with Crippen LogP contribution in [0.25, 0.3) is 16.9 Å². The molecule has 2 heterocycles. The van der Waals surface area contributed by atoms with Gasteiger partial charge in [0.05, 0.1) is 11.9 Å². The van der Waals surface area contributed by atoms with E-state index in [0.717, 1.165) is 25.9 Å². The lowest BCUT2D eigenvalue weighted by atomic mass is 9.75. The van der Waals surface area contributed by atoms with Crippen LogP contribution < -0.4 is 9.47 Å². The van der Waals surface area contributed by atoms with Crippen molar-refractivity contribution in [2.24, 2.45) is 11.3 Å². The molecule has 1 fully saturated rings. The molecular formula is C27H32F4N4O3. The smallest absolute Gasteiger partial charge is 0.387 e. The second-order valence-corrected chi connectivity index (χ2v) is 10.2. The van der Waals surface area contributed by atoms with E-state index < -0.39 is 19.6 Å². The fraction of sp³-hybridized carbons (Fsp3) is 0.481. The molecule has 38 heavy (non-hydrogen) atoms. The van der Waals surface area contributed by atoms with Crippen LogP contribution in [0.15, 0.2) is 48.7 Å². The summed E-state index contributed by atoms with van der Waals surface area (Å²) in [6, 6.07) is 11.5. The van der Waals surface area contributed by atoms with Gasteiger partial charge in [-0.05, 0) is 61.1 Å². The summed E-state index contributed by atoms with van der Waals surface area (Å²) in [4.78, 5) is 2.21. The molecule has 1 aliphatic heterocycles. The first-order chi connectivity index (χ1) is 18.1. The van der Waals surface area contributed by atoms with Crippen LogP contribution >= 0.6 is 0 Å². The summed E-state index contributed by atoms with van der Waals surface area (Å²) in [6.07, 6.45) is 1.07. The first-order valence-electron chi connectivity index (χ1n) is 12.5. The van der Waals surface area contributed by atoms with Crippen LogP contribution in [0, 0.1) is 11.3 Å². The molecule has 4 rings (SSSR count). The van der Waals surface area contributed by atoms with Crippen LogP contribution in [0.3, 0.4) is 0 Å². The molecule has 3 aromatic rings. The number of halogens is 4. The number of ether oxygens (including phenoxy) is 2. The van der Waals surface area contributed by atoms with Crippen molar-refractivity contribution in [1.82, 2.24) is 19.9 Å². The standard InChI is InChI=1S/C27H32F4N4O3/c1-27(2,17-36)20-4-3-11-34(14-20)13-19-6-5-18(12-24(19)38-26(30)31)23-15-35(33-32-23)21-7-9-22(10-8-21)37-16-25(28)29/h5-10,12,15,20,25-26,36H,3-4,11,13-14,16-17H2,1-2H3/t20-/m0/s1. The molecule has 0 saturated carbocycles. The molecular weight excluding hydrogens is 504 g/mol. The average Bonchev–Trinajstić information content (AvgIpc) is 3.39. The molecule has 0 bridgehead atoms. The van der Waals surface area contributed by atoms with Crippen molar-refractivity contribution in [2.75, 3.05) is 26.3 Å². The lowest BCUT2D eigenvalue weighted by Gasteiger charge is -2.40. The molecule has 7 nitrogen and oxygen atoms in total. The van der Waals surface area contributed by atoms with Gasteiger partial charge in [0.15, 0.2) is 0 Å². The monoisotopic (exact) mass is 536 g/mol. The fourth-order valence-electron chi connectivity index (χ4n) is 4.63. The van der Waals surface area contributed by atoms with E-state index in [1.165, 1.54) is 10.7 Å². The lowest BCUT2D eigenvalue weighted by Crippen LogP contribution is -2.42. The third kappa shape index (κ3) is 7.02. The van der Waals surface area contributed by atoms with Crippen LogP contribution in [-0.2, 0) is 6.54 Å². The summed E-state index contributed by atoms with van der Waals surface area (Å²) in [7, 11) is 0. The molecule has 11 heteroatoms. The molecule has 1 atom stereocenters. The molecule has 1 aliphatic rings. The average molecular weight is 537 g/mol. The van der Waals surface area contributed by atoms with Crippen molar-refractivity contribution in [1.29, 1.82) is 0 Å². The van der Waals surface area contributed by atoms with Gasteiger partial charge in [-0.2, -0.15) is 8.78 Å². The van der Waals surface area contributed by atoms with Crippen LogP contribution in [-0.4, -0.2) is 64.3 Å². The molecule has 0 unspecified atom stereocenters. The van der Waals surface area contributed by atoms with Gasteiger partial charge >= 0.3 is 6.61 Å². The van der Waals surface area contributed by atoms with E-state index >= 15 is 0 Å². The fourth-order valence-corrected chi connectivity index (χ4v) is 4.63. The highest BCUT2D eigenvalue weighted by Gasteiger charge is 2.33. The number of aliphatic hydroxyl groups excluding tert-OH is 1. The van der Waals surface area contributed by atoms with Crippen LogP contribution in [0.4, 0.5) is 17.6 Å². The number of nitrogens with zero attached hydrogens (tertiary/aromatic N) is 4. The molecule has 1 aromatic heterocycles. The highest BCUT2D eigenvalue weighted by Crippen LogP contribution is 2.35. The van der Waals surface area contributed by atoms with Crippen LogP contribution in [0.1, 0.15) is 32.3 Å². The van der Waals surface area contributed by atoms with Crippen molar-refractivity contribution in [3.63, 3.8) is 0 Å². The van der Waals surface area contributed by atoms with Crippen molar-refractivity contribution in [2.45, 2.75) is 46.3 Å². The van der Waals surface area contributed by atoms with E-state index in [1.54, 1.807) is 42.6 Å². The second kappa shape index (κ2) is 12.1. The first kappa shape index (κ1) is 27.8. The summed E-state index contributed by atoms with van der Waals surface area (Å²) in [5, 5.41) is 18.0. The number of aliphatic hydroxyl groups is 1. The zero-order valence-corrected chi connectivity index (χ0v) is 21.4. The Bertz CT molecular complexity index is 1190. The Morgan fingerprint density at radius 1 is 1.11 bits per heavy atom. The van der Waals surface area contributed by atoms with Crippen molar-refractivity contribution in [3.8, 4) is 28.4 Å². The third-order valence-corrected chi connectivity index (χ3v) is 6.96. The zero-order valence-electron chi connectivity index (χ0n) is 21.4. The number of rotatable bonds is 11. The summed E-state index contributed by atoms with van der Waals surface area (Å²) >= 11 is 0.